The summed E-state index contributed by atoms with van der Waals surface area (Å²) in [6.45, 7) is 1.87. The quantitative estimate of drug-likeness (QED) is 0.897. The first-order valence-electron chi connectivity index (χ1n) is 6.11. The highest BCUT2D eigenvalue weighted by atomic mass is 35.5. The number of benzene rings is 1. The summed E-state index contributed by atoms with van der Waals surface area (Å²) in [6, 6.07) is 7.15. The van der Waals surface area contributed by atoms with Crippen LogP contribution in [-0.4, -0.2) is 38.7 Å². The van der Waals surface area contributed by atoms with E-state index in [4.69, 9.17) is 22.1 Å². The number of rotatable bonds is 5. The van der Waals surface area contributed by atoms with E-state index in [2.05, 4.69) is 0 Å². The molecule has 0 heterocycles. The smallest absolute Gasteiger partial charge is 0.155 e. The summed E-state index contributed by atoms with van der Waals surface area (Å²) in [4.78, 5) is 0. The monoisotopic (exact) mass is 303 g/mol. The van der Waals surface area contributed by atoms with E-state index in [0.29, 0.717) is 5.02 Å². The van der Waals surface area contributed by atoms with Crippen LogP contribution in [0.5, 0.6) is 0 Å². The molecule has 0 bridgehead atoms. The maximum atomic E-state index is 12.1. The number of hydrogen-bond donors (Lipinski definition) is 1. The Morgan fingerprint density at radius 2 is 1.95 bits per heavy atom. The van der Waals surface area contributed by atoms with E-state index in [-0.39, 0.29) is 18.3 Å². The molecule has 1 aromatic carbocycles. The summed E-state index contributed by atoms with van der Waals surface area (Å²) >= 11 is 5.85. The van der Waals surface area contributed by atoms with E-state index in [1.54, 1.807) is 19.1 Å². The summed E-state index contributed by atoms with van der Waals surface area (Å²) in [5, 5.41) is 0.0415. The first kappa shape index (κ1) is 14.8. The van der Waals surface area contributed by atoms with Crippen molar-refractivity contribution in [2.24, 2.45) is 5.73 Å². The van der Waals surface area contributed by atoms with Crippen LogP contribution in [0.2, 0.25) is 5.02 Å². The van der Waals surface area contributed by atoms with Crippen molar-refractivity contribution in [3.8, 4) is 0 Å². The zero-order chi connectivity index (χ0) is 14.3. The molecular formula is C13H18ClNO3S. The van der Waals surface area contributed by atoms with Crippen molar-refractivity contribution in [1.29, 1.82) is 0 Å². The number of nitrogens with two attached hydrogens (primary N) is 1. The lowest BCUT2D eigenvalue weighted by atomic mass is 10.1. The van der Waals surface area contributed by atoms with Gasteiger partial charge in [-0.25, -0.2) is 8.42 Å². The van der Waals surface area contributed by atoms with E-state index < -0.39 is 20.6 Å². The summed E-state index contributed by atoms with van der Waals surface area (Å²) in [5.74, 6) is -0.139. The second-order valence-corrected chi connectivity index (χ2v) is 7.79. The van der Waals surface area contributed by atoms with Crippen LogP contribution in [0.4, 0.5) is 0 Å². The molecule has 6 heteroatoms. The molecule has 0 amide bonds. The molecule has 0 radical (unpaired) electrons. The molecule has 0 spiro atoms. The normalized spacial score (nSPS) is 30.3. The van der Waals surface area contributed by atoms with Crippen LogP contribution >= 0.6 is 11.6 Å². The van der Waals surface area contributed by atoms with E-state index in [9.17, 15) is 8.42 Å². The number of halogens is 1. The fourth-order valence-electron chi connectivity index (χ4n) is 2.72. The summed E-state index contributed by atoms with van der Waals surface area (Å²) in [5.41, 5.74) is 6.30. The molecule has 2 rings (SSSR count). The highest BCUT2D eigenvalue weighted by Crippen LogP contribution is 2.54. The van der Waals surface area contributed by atoms with Gasteiger partial charge in [0.05, 0.1) is 17.4 Å². The third-order valence-electron chi connectivity index (χ3n) is 3.72. The minimum atomic E-state index is -3.20. The Labute approximate surface area is 118 Å². The fraction of sp³-hybridized carbons (Fsp3) is 0.538. The molecule has 0 saturated heterocycles. The van der Waals surface area contributed by atoms with Crippen molar-refractivity contribution in [1.82, 2.24) is 0 Å². The van der Waals surface area contributed by atoms with Gasteiger partial charge in [-0.3, -0.25) is 0 Å². The first-order chi connectivity index (χ1) is 8.86. The Kier molecular flexibility index (Phi) is 3.93. The van der Waals surface area contributed by atoms with Gasteiger partial charge >= 0.3 is 0 Å². The SMILES string of the molecule is CCS(=O)(=O)C1C(c2ccc(Cl)cc2)C1(N)COC. The predicted molar refractivity (Wildman–Crippen MR) is 76.2 cm³/mol. The second-order valence-electron chi connectivity index (χ2n) is 4.95. The minimum Gasteiger partial charge on any atom is -0.383 e. The first-order valence-corrected chi connectivity index (χ1v) is 8.21. The molecule has 3 atom stereocenters. The topological polar surface area (TPSA) is 69.4 Å². The Balaban J connectivity index is 2.36. The van der Waals surface area contributed by atoms with Gasteiger partial charge in [0.1, 0.15) is 0 Å². The van der Waals surface area contributed by atoms with Gasteiger partial charge in [0.2, 0.25) is 0 Å². The lowest BCUT2D eigenvalue weighted by Crippen LogP contribution is -2.36. The van der Waals surface area contributed by atoms with Crippen LogP contribution < -0.4 is 5.73 Å². The summed E-state index contributed by atoms with van der Waals surface area (Å²) in [6.07, 6.45) is 0. The van der Waals surface area contributed by atoms with Gasteiger partial charge in [-0.05, 0) is 17.7 Å². The predicted octanol–water partition coefficient (Wildman–Crippen LogP) is 1.58. The van der Waals surface area contributed by atoms with Crippen LogP contribution in [0.15, 0.2) is 24.3 Å². The van der Waals surface area contributed by atoms with Gasteiger partial charge < -0.3 is 10.5 Å². The number of sulfone groups is 1. The van der Waals surface area contributed by atoms with E-state index in [0.717, 1.165) is 5.56 Å². The molecule has 2 N–H and O–H groups in total. The van der Waals surface area contributed by atoms with Crippen LogP contribution in [0.3, 0.4) is 0 Å². The summed E-state index contributed by atoms with van der Waals surface area (Å²) in [7, 11) is -1.67. The number of hydrogen-bond acceptors (Lipinski definition) is 4. The third-order valence-corrected chi connectivity index (χ3v) is 6.26. The Bertz CT molecular complexity index is 558. The van der Waals surface area contributed by atoms with Gasteiger partial charge in [0.15, 0.2) is 9.84 Å². The van der Waals surface area contributed by atoms with E-state index >= 15 is 0 Å². The maximum Gasteiger partial charge on any atom is 0.155 e. The zero-order valence-corrected chi connectivity index (χ0v) is 12.5. The largest absolute Gasteiger partial charge is 0.383 e. The molecule has 4 nitrogen and oxygen atoms in total. The molecule has 0 aromatic heterocycles. The van der Waals surface area contributed by atoms with Crippen molar-refractivity contribution in [2.45, 2.75) is 23.6 Å². The summed E-state index contributed by atoms with van der Waals surface area (Å²) < 4.78 is 29.4. The zero-order valence-electron chi connectivity index (χ0n) is 11.0. The molecule has 19 heavy (non-hydrogen) atoms. The molecule has 1 fully saturated rings. The van der Waals surface area contributed by atoms with Crippen molar-refractivity contribution in [3.05, 3.63) is 34.9 Å². The van der Waals surface area contributed by atoms with E-state index in [1.165, 1.54) is 7.11 Å². The number of methoxy groups -OCH3 is 1. The molecule has 3 unspecified atom stereocenters. The van der Waals surface area contributed by atoms with Gasteiger partial charge in [-0.15, -0.1) is 0 Å². The Hall–Kier alpha value is -0.620. The van der Waals surface area contributed by atoms with E-state index in [1.807, 2.05) is 12.1 Å². The average molecular weight is 304 g/mol. The molecule has 1 aliphatic carbocycles. The van der Waals surface area contributed by atoms with Gasteiger partial charge in [0, 0.05) is 23.8 Å². The lowest BCUT2D eigenvalue weighted by Gasteiger charge is -2.10. The van der Waals surface area contributed by atoms with Gasteiger partial charge in [-0.1, -0.05) is 30.7 Å². The Morgan fingerprint density at radius 3 is 2.42 bits per heavy atom. The molecular weight excluding hydrogens is 286 g/mol. The minimum absolute atomic E-state index is 0.0877. The van der Waals surface area contributed by atoms with Crippen molar-refractivity contribution in [2.75, 3.05) is 19.5 Å². The van der Waals surface area contributed by atoms with Crippen molar-refractivity contribution in [3.63, 3.8) is 0 Å². The van der Waals surface area contributed by atoms with Crippen LogP contribution in [0.25, 0.3) is 0 Å². The number of ether oxygens (including phenoxy) is 1. The van der Waals surface area contributed by atoms with Crippen molar-refractivity contribution < 1.29 is 13.2 Å². The molecule has 0 aliphatic heterocycles. The lowest BCUT2D eigenvalue weighted by molar-refractivity contribution is 0.171. The highest BCUT2D eigenvalue weighted by molar-refractivity contribution is 7.92. The standard InChI is InChI=1S/C13H18ClNO3S/c1-3-19(16,17)12-11(13(12,15)8-18-2)9-4-6-10(14)7-5-9/h4-7,11-12H,3,8,15H2,1-2H3. The average Bonchev–Trinajstić information content (AvgIpc) is 2.97. The van der Waals surface area contributed by atoms with Crippen LogP contribution in [-0.2, 0) is 14.6 Å². The molecule has 1 aromatic rings. The van der Waals surface area contributed by atoms with Crippen LogP contribution in [0, 0.1) is 0 Å². The maximum absolute atomic E-state index is 12.1. The molecule has 1 aliphatic rings. The highest BCUT2D eigenvalue weighted by Gasteiger charge is 2.68. The second kappa shape index (κ2) is 5.05. The molecule has 106 valence electrons. The van der Waals surface area contributed by atoms with Crippen molar-refractivity contribution >= 4 is 21.4 Å². The van der Waals surface area contributed by atoms with Crippen LogP contribution in [0.1, 0.15) is 18.4 Å². The molecule has 1 saturated carbocycles. The van der Waals surface area contributed by atoms with Gasteiger partial charge in [0.25, 0.3) is 0 Å². The fourth-order valence-corrected chi connectivity index (χ4v) is 4.84. The Morgan fingerprint density at radius 1 is 1.37 bits per heavy atom. The van der Waals surface area contributed by atoms with Gasteiger partial charge in [-0.2, -0.15) is 0 Å². The third kappa shape index (κ3) is 2.52.